The molecule has 46 heavy (non-hydrogen) atoms. The van der Waals surface area contributed by atoms with Crippen LogP contribution in [0.1, 0.15) is 69.8 Å². The van der Waals surface area contributed by atoms with Crippen molar-refractivity contribution in [2.75, 3.05) is 20.7 Å². The topological polar surface area (TPSA) is 112 Å². The summed E-state index contributed by atoms with van der Waals surface area (Å²) < 4.78 is 4.73. The second kappa shape index (κ2) is 15.3. The van der Waals surface area contributed by atoms with Crippen LogP contribution in [-0.4, -0.2) is 65.5 Å². The maximum atomic E-state index is 13.5. The zero-order valence-electron chi connectivity index (χ0n) is 27.9. The zero-order valence-corrected chi connectivity index (χ0v) is 27.9. The van der Waals surface area contributed by atoms with Gasteiger partial charge in [-0.1, -0.05) is 77.5 Å². The number of hydrogen-bond donors (Lipinski definition) is 3. The van der Waals surface area contributed by atoms with Crippen molar-refractivity contribution in [1.82, 2.24) is 25.5 Å². The Kier molecular flexibility index (Phi) is 11.4. The molecule has 2 heterocycles. The molecule has 2 aliphatic carbocycles. The number of carbonyl (C=O) groups is 2. The number of alkyl carbamates (subject to hydrolysis) is 1. The Morgan fingerprint density at radius 1 is 1.04 bits per heavy atom. The van der Waals surface area contributed by atoms with E-state index in [-0.39, 0.29) is 17.9 Å². The van der Waals surface area contributed by atoms with Gasteiger partial charge in [0.05, 0.1) is 25.0 Å². The molecule has 9 heteroatoms. The predicted octanol–water partition coefficient (Wildman–Crippen LogP) is 6.61. The van der Waals surface area contributed by atoms with Crippen LogP contribution in [-0.2, 0) is 9.53 Å². The first-order chi connectivity index (χ1) is 21.9. The molecule has 5 unspecified atom stereocenters. The van der Waals surface area contributed by atoms with E-state index in [0.717, 1.165) is 52.9 Å². The molecule has 3 fully saturated rings. The van der Waals surface area contributed by atoms with Crippen molar-refractivity contribution >= 4 is 23.4 Å². The number of aliphatic imine (C=N–C) groups is 1. The highest BCUT2D eigenvalue weighted by atomic mass is 16.5. The Labute approximate surface area is 274 Å². The molecule has 1 saturated heterocycles. The number of methoxy groups -OCH3 is 1. The van der Waals surface area contributed by atoms with Crippen LogP contribution in [0, 0.1) is 17.8 Å². The van der Waals surface area contributed by atoms with Gasteiger partial charge >= 0.3 is 6.09 Å². The van der Waals surface area contributed by atoms with Crippen LogP contribution < -0.4 is 10.6 Å². The number of allylic oxidation sites excluding steroid dienone is 7. The Bertz CT molecular complexity index is 1480. The molecule has 5 atom stereocenters. The summed E-state index contributed by atoms with van der Waals surface area (Å²) in [5, 5.41) is 5.94. The standard InChI is InChI=1S/C37H50N6O3/c1-22(2)33(42-37(45)46-9)36(44)43-18-10-11-32(43)35(38-8)40-27(7)25(5)14-12-23(3)24(4)13-15-26(6)31-21-39-34(41-31)30-20-28-16-17-29(30)19-28/h12-15,21-22,28-30,32-33H,3-7,10-11,16-20H2,1-2,8-9H3,(H,38,40)(H,39,41)(H,42,45)/b14-12-,15-13-. The molecule has 4 rings (SSSR count). The number of rotatable bonds is 13. The molecule has 2 saturated carbocycles. The molecule has 246 valence electrons. The number of nitrogens with zero attached hydrogens (tertiary/aromatic N) is 3. The highest BCUT2D eigenvalue weighted by Gasteiger charge is 2.41. The lowest BCUT2D eigenvalue weighted by atomic mass is 9.88. The Hall–Kier alpha value is -4.40. The van der Waals surface area contributed by atoms with E-state index in [1.807, 2.05) is 44.3 Å². The molecular formula is C37H50N6O3. The SMILES string of the molecule is C=C(/C=C\C(=C)C(=C)NC(=NC)C1CCCN1C(=O)C(NC(=O)OC)C(C)C)C(=C)/C=C\C(=C)c1cnc(C2CC3CCC2C3)[nH]1. The number of H-pyrrole nitrogens is 1. The number of nitrogens with one attached hydrogen (secondary N) is 3. The monoisotopic (exact) mass is 626 g/mol. The van der Waals surface area contributed by atoms with E-state index in [2.05, 4.69) is 58.5 Å². The normalized spacial score (nSPS) is 23.2. The van der Waals surface area contributed by atoms with Gasteiger partial charge < -0.3 is 25.3 Å². The van der Waals surface area contributed by atoms with Crippen molar-refractivity contribution in [1.29, 1.82) is 0 Å². The number of imidazole rings is 1. The van der Waals surface area contributed by atoms with E-state index < -0.39 is 12.1 Å². The summed E-state index contributed by atoms with van der Waals surface area (Å²) in [5.74, 6) is 3.60. The first-order valence-corrected chi connectivity index (χ1v) is 16.2. The first kappa shape index (κ1) is 34.5. The minimum absolute atomic E-state index is 0.117. The second-order valence-corrected chi connectivity index (χ2v) is 13.0. The van der Waals surface area contributed by atoms with Crippen LogP contribution in [0.15, 0.2) is 90.8 Å². The van der Waals surface area contributed by atoms with Gasteiger partial charge in [-0.05, 0) is 72.2 Å². The summed E-state index contributed by atoms with van der Waals surface area (Å²) in [5.41, 5.74) is 4.42. The van der Waals surface area contributed by atoms with Crippen LogP contribution in [0.3, 0.4) is 0 Å². The third kappa shape index (κ3) is 8.05. The van der Waals surface area contributed by atoms with Crippen LogP contribution in [0.25, 0.3) is 5.57 Å². The molecule has 1 aliphatic heterocycles. The van der Waals surface area contributed by atoms with E-state index in [1.54, 1.807) is 11.9 Å². The van der Waals surface area contributed by atoms with Crippen LogP contribution in [0.4, 0.5) is 4.79 Å². The maximum Gasteiger partial charge on any atom is 0.407 e. The van der Waals surface area contributed by atoms with Gasteiger partial charge in [0, 0.05) is 25.2 Å². The Morgan fingerprint density at radius 3 is 2.35 bits per heavy atom. The molecule has 2 bridgehead atoms. The fourth-order valence-electron chi connectivity index (χ4n) is 6.79. The third-order valence-corrected chi connectivity index (χ3v) is 9.57. The van der Waals surface area contributed by atoms with Crippen LogP contribution in [0.2, 0.25) is 0 Å². The summed E-state index contributed by atoms with van der Waals surface area (Å²) in [6.45, 7) is 25.2. The average molecular weight is 627 g/mol. The van der Waals surface area contributed by atoms with Gasteiger partial charge in [0.15, 0.2) is 0 Å². The molecule has 3 aliphatic rings. The lowest BCUT2D eigenvalue weighted by Crippen LogP contribution is -2.55. The molecular weight excluding hydrogens is 576 g/mol. The van der Waals surface area contributed by atoms with E-state index >= 15 is 0 Å². The fourth-order valence-corrected chi connectivity index (χ4v) is 6.79. The van der Waals surface area contributed by atoms with E-state index in [9.17, 15) is 9.59 Å². The number of aromatic nitrogens is 2. The second-order valence-electron chi connectivity index (χ2n) is 13.0. The summed E-state index contributed by atoms with van der Waals surface area (Å²) in [6.07, 6.45) is 15.6. The predicted molar refractivity (Wildman–Crippen MR) is 186 cm³/mol. The van der Waals surface area contributed by atoms with Crippen molar-refractivity contribution in [3.05, 3.63) is 97.3 Å². The Morgan fingerprint density at radius 2 is 1.74 bits per heavy atom. The quantitative estimate of drug-likeness (QED) is 0.130. The van der Waals surface area contributed by atoms with Gasteiger partial charge in [-0.25, -0.2) is 9.78 Å². The number of ether oxygens (including phenoxy) is 1. The number of amides is 2. The molecule has 0 aromatic carbocycles. The van der Waals surface area contributed by atoms with Crippen molar-refractivity contribution in [2.24, 2.45) is 22.7 Å². The highest BCUT2D eigenvalue weighted by Crippen LogP contribution is 2.52. The average Bonchev–Trinajstić information content (AvgIpc) is 3.87. The molecule has 1 aromatic rings. The third-order valence-electron chi connectivity index (χ3n) is 9.57. The zero-order chi connectivity index (χ0) is 33.5. The first-order valence-electron chi connectivity index (χ1n) is 16.2. The fraction of sp³-hybridized carbons (Fsp3) is 0.459. The van der Waals surface area contributed by atoms with Gasteiger partial charge in [-0.15, -0.1) is 0 Å². The van der Waals surface area contributed by atoms with Gasteiger partial charge in [0.1, 0.15) is 17.7 Å². The van der Waals surface area contributed by atoms with Crippen molar-refractivity contribution in [2.45, 2.75) is 70.4 Å². The van der Waals surface area contributed by atoms with Crippen molar-refractivity contribution in [3.63, 3.8) is 0 Å². The maximum absolute atomic E-state index is 13.5. The lowest BCUT2D eigenvalue weighted by Gasteiger charge is -2.31. The summed E-state index contributed by atoms with van der Waals surface area (Å²) >= 11 is 0. The number of fused-ring (bicyclic) bond motifs is 2. The number of hydrogen-bond acceptors (Lipinski definition) is 5. The molecule has 1 aromatic heterocycles. The number of amidine groups is 1. The molecule has 0 radical (unpaired) electrons. The largest absolute Gasteiger partial charge is 0.453 e. The van der Waals surface area contributed by atoms with Gasteiger partial charge in [0.25, 0.3) is 0 Å². The molecule has 2 amide bonds. The van der Waals surface area contributed by atoms with Gasteiger partial charge in [-0.2, -0.15) is 0 Å². The smallest absolute Gasteiger partial charge is 0.407 e. The lowest BCUT2D eigenvalue weighted by molar-refractivity contribution is -0.134. The van der Waals surface area contributed by atoms with Crippen LogP contribution >= 0.6 is 0 Å². The minimum Gasteiger partial charge on any atom is -0.453 e. The number of aromatic amines is 1. The van der Waals surface area contributed by atoms with E-state index in [1.165, 1.54) is 32.8 Å². The number of carbonyl (C=O) groups excluding carboxylic acids is 2. The van der Waals surface area contributed by atoms with Gasteiger partial charge in [-0.3, -0.25) is 9.79 Å². The van der Waals surface area contributed by atoms with Crippen LogP contribution in [0.5, 0.6) is 0 Å². The van der Waals surface area contributed by atoms with E-state index in [0.29, 0.717) is 29.6 Å². The van der Waals surface area contributed by atoms with Crippen molar-refractivity contribution < 1.29 is 14.3 Å². The summed E-state index contributed by atoms with van der Waals surface area (Å²) in [6, 6.07) is -0.986. The van der Waals surface area contributed by atoms with Gasteiger partial charge in [0.2, 0.25) is 5.91 Å². The van der Waals surface area contributed by atoms with Crippen molar-refractivity contribution in [3.8, 4) is 0 Å². The minimum atomic E-state index is -0.707. The molecule has 3 N–H and O–H groups in total. The summed E-state index contributed by atoms with van der Waals surface area (Å²) in [4.78, 5) is 39.8. The Balaban J connectivity index is 1.30. The summed E-state index contributed by atoms with van der Waals surface area (Å²) in [7, 11) is 2.96. The van der Waals surface area contributed by atoms with E-state index in [4.69, 9.17) is 4.74 Å². The molecule has 9 nitrogen and oxygen atoms in total. The highest BCUT2D eigenvalue weighted by molar-refractivity contribution is 5.95. The molecule has 0 spiro atoms. The number of likely N-dealkylation sites (tertiary alicyclic amines) is 1.